The van der Waals surface area contributed by atoms with Gasteiger partial charge in [0.05, 0.1) is 18.0 Å². The molecule has 3 aromatic rings. The van der Waals surface area contributed by atoms with Crippen LogP contribution in [0.25, 0.3) is 0 Å². The van der Waals surface area contributed by atoms with E-state index >= 15 is 0 Å². The molecule has 0 bridgehead atoms. The zero-order valence-corrected chi connectivity index (χ0v) is 23.8. The third kappa shape index (κ3) is 6.75. The maximum Gasteiger partial charge on any atom is 0.416 e. The summed E-state index contributed by atoms with van der Waals surface area (Å²) in [5.41, 5.74) is 2.19. The van der Waals surface area contributed by atoms with Crippen molar-refractivity contribution in [2.75, 3.05) is 39.3 Å². The second-order valence-corrected chi connectivity index (χ2v) is 10.8. The molecule has 5 rings (SSSR count). The summed E-state index contributed by atoms with van der Waals surface area (Å²) >= 11 is 0. The summed E-state index contributed by atoms with van der Waals surface area (Å²) in [6, 6.07) is 14.9. The molecule has 0 spiro atoms. The van der Waals surface area contributed by atoms with Gasteiger partial charge in [0.1, 0.15) is 23.3 Å². The molecule has 42 heavy (non-hydrogen) atoms. The normalized spacial score (nSPS) is 17.9. The van der Waals surface area contributed by atoms with Gasteiger partial charge in [0.15, 0.2) is 0 Å². The molecule has 1 fully saturated rings. The molecule has 7 nitrogen and oxygen atoms in total. The highest BCUT2D eigenvalue weighted by molar-refractivity contribution is 5.79. The summed E-state index contributed by atoms with van der Waals surface area (Å²) < 4.78 is 48.2. The van der Waals surface area contributed by atoms with Gasteiger partial charge in [-0.05, 0) is 66.4 Å². The van der Waals surface area contributed by atoms with Gasteiger partial charge in [0.2, 0.25) is 5.91 Å². The first-order valence-electron chi connectivity index (χ1n) is 14.2. The summed E-state index contributed by atoms with van der Waals surface area (Å²) in [5.74, 6) is 0.820. The number of aromatic nitrogens is 1. The van der Waals surface area contributed by atoms with Crippen molar-refractivity contribution in [3.8, 4) is 17.6 Å². The number of nitriles is 1. The van der Waals surface area contributed by atoms with Crippen LogP contribution in [0.15, 0.2) is 54.7 Å². The van der Waals surface area contributed by atoms with Gasteiger partial charge in [-0.3, -0.25) is 9.69 Å². The Morgan fingerprint density at radius 1 is 1.02 bits per heavy atom. The molecule has 2 aromatic carbocycles. The lowest BCUT2D eigenvalue weighted by molar-refractivity contribution is -0.139. The Labute approximate surface area is 244 Å². The zero-order valence-electron chi connectivity index (χ0n) is 23.8. The van der Waals surface area contributed by atoms with Crippen molar-refractivity contribution in [3.63, 3.8) is 0 Å². The number of likely N-dealkylation sites (N-methyl/N-ethyl adjacent to an activating group) is 1. The monoisotopic (exact) mass is 577 g/mol. The molecule has 1 saturated heterocycles. The largest absolute Gasteiger partial charge is 0.457 e. The van der Waals surface area contributed by atoms with E-state index in [4.69, 9.17) is 10.00 Å². The number of piperazine rings is 1. The molecule has 2 aliphatic rings. The number of nitrogens with zero attached hydrogens (tertiary/aromatic N) is 5. The summed E-state index contributed by atoms with van der Waals surface area (Å²) in [4.78, 5) is 23.4. The standard InChI is InChI=1S/C32H34F3N5O2/c1-3-38-12-14-39(15-13-38)21-25-5-4-23(16-30(25)32(33,34)35)17-31(41)40-11-9-24-6-7-27(19-29(24)22(40)2)42-28-8-10-37-26(18-28)20-36/h4-8,10,16,18-19,22H,3,9,11-15,17,21H2,1-2H3/t22-/m0/s1. The maximum absolute atomic E-state index is 14.1. The smallest absolute Gasteiger partial charge is 0.416 e. The molecule has 10 heteroatoms. The number of carbonyl (C=O) groups is 1. The highest BCUT2D eigenvalue weighted by Crippen LogP contribution is 2.36. The van der Waals surface area contributed by atoms with Crippen LogP contribution in [0.1, 0.15) is 53.4 Å². The molecule has 0 aliphatic carbocycles. The maximum atomic E-state index is 14.1. The SMILES string of the molecule is CCN1CCN(Cc2ccc(CC(=O)N3CCc4ccc(Oc5ccnc(C#N)c5)cc4[C@@H]3C)cc2C(F)(F)F)CC1. The summed E-state index contributed by atoms with van der Waals surface area (Å²) in [7, 11) is 0. The minimum atomic E-state index is -4.50. The fourth-order valence-electron chi connectivity index (χ4n) is 5.78. The molecule has 3 heterocycles. The van der Waals surface area contributed by atoms with Gasteiger partial charge < -0.3 is 14.5 Å². The van der Waals surface area contributed by atoms with E-state index in [1.807, 2.05) is 31.2 Å². The van der Waals surface area contributed by atoms with E-state index < -0.39 is 11.7 Å². The van der Waals surface area contributed by atoms with Crippen molar-refractivity contribution in [3.05, 3.63) is 88.2 Å². The minimum Gasteiger partial charge on any atom is -0.457 e. The number of rotatable bonds is 7. The summed E-state index contributed by atoms with van der Waals surface area (Å²) in [5, 5.41) is 9.09. The van der Waals surface area contributed by atoms with Gasteiger partial charge in [0.25, 0.3) is 0 Å². The summed E-state index contributed by atoms with van der Waals surface area (Å²) in [6.45, 7) is 8.83. The van der Waals surface area contributed by atoms with Crippen molar-refractivity contribution in [1.82, 2.24) is 19.7 Å². The van der Waals surface area contributed by atoms with E-state index in [9.17, 15) is 18.0 Å². The van der Waals surface area contributed by atoms with Crippen molar-refractivity contribution in [1.29, 1.82) is 5.26 Å². The highest BCUT2D eigenvalue weighted by Gasteiger charge is 2.35. The molecule has 0 N–H and O–H groups in total. The second-order valence-electron chi connectivity index (χ2n) is 10.8. The Morgan fingerprint density at radius 3 is 2.48 bits per heavy atom. The number of alkyl halides is 3. The van der Waals surface area contributed by atoms with Crippen LogP contribution >= 0.6 is 0 Å². The molecule has 220 valence electrons. The van der Waals surface area contributed by atoms with Crippen LogP contribution in [-0.4, -0.2) is 64.9 Å². The van der Waals surface area contributed by atoms with Gasteiger partial charge in [0, 0.05) is 51.5 Å². The number of fused-ring (bicyclic) bond motifs is 1. The fraction of sp³-hybridized carbons (Fsp3) is 0.406. The first-order chi connectivity index (χ1) is 20.1. The van der Waals surface area contributed by atoms with Gasteiger partial charge in [-0.1, -0.05) is 25.1 Å². The molecule has 1 atom stereocenters. The van der Waals surface area contributed by atoms with Gasteiger partial charge in [-0.25, -0.2) is 4.98 Å². The number of carbonyl (C=O) groups excluding carboxylic acids is 1. The van der Waals surface area contributed by atoms with Crippen molar-refractivity contribution < 1.29 is 22.7 Å². The van der Waals surface area contributed by atoms with E-state index in [0.29, 0.717) is 30.0 Å². The van der Waals surface area contributed by atoms with Crippen molar-refractivity contribution in [2.24, 2.45) is 0 Å². The van der Waals surface area contributed by atoms with Gasteiger partial charge in [-0.2, -0.15) is 18.4 Å². The quantitative estimate of drug-likeness (QED) is 0.365. The molecule has 1 aromatic heterocycles. The molecule has 2 aliphatic heterocycles. The van der Waals surface area contributed by atoms with Crippen molar-refractivity contribution >= 4 is 5.91 Å². The topological polar surface area (TPSA) is 72.7 Å². The van der Waals surface area contributed by atoms with Crippen molar-refractivity contribution in [2.45, 2.75) is 45.5 Å². The van der Waals surface area contributed by atoms with Gasteiger partial charge >= 0.3 is 6.18 Å². The number of hydrogen-bond acceptors (Lipinski definition) is 6. The van der Waals surface area contributed by atoms with Crippen LogP contribution in [0.3, 0.4) is 0 Å². The number of hydrogen-bond donors (Lipinski definition) is 0. The van der Waals surface area contributed by atoms with Crippen LogP contribution < -0.4 is 4.74 Å². The Hall–Kier alpha value is -3.94. The first kappa shape index (κ1) is 29.5. The number of benzene rings is 2. The van der Waals surface area contributed by atoms with E-state index in [1.165, 1.54) is 12.3 Å². The average molecular weight is 578 g/mol. The highest BCUT2D eigenvalue weighted by atomic mass is 19.4. The lowest BCUT2D eigenvalue weighted by Crippen LogP contribution is -2.45. The summed E-state index contributed by atoms with van der Waals surface area (Å²) in [6.07, 6.45) is -2.48. The minimum absolute atomic E-state index is 0.109. The lowest BCUT2D eigenvalue weighted by atomic mass is 9.92. The first-order valence-corrected chi connectivity index (χ1v) is 14.2. The predicted octanol–water partition coefficient (Wildman–Crippen LogP) is 5.59. The number of halogens is 3. The zero-order chi connectivity index (χ0) is 29.9. The van der Waals surface area contributed by atoms with Crippen LogP contribution in [0.5, 0.6) is 11.5 Å². The van der Waals surface area contributed by atoms with E-state index in [-0.39, 0.29) is 36.2 Å². The lowest BCUT2D eigenvalue weighted by Gasteiger charge is -2.36. The van der Waals surface area contributed by atoms with Crippen LogP contribution in [0.4, 0.5) is 13.2 Å². The number of amides is 1. The number of ether oxygens (including phenoxy) is 1. The van der Waals surface area contributed by atoms with Crippen LogP contribution in [0.2, 0.25) is 0 Å². The second kappa shape index (κ2) is 12.5. The predicted molar refractivity (Wildman–Crippen MR) is 152 cm³/mol. The molecule has 0 unspecified atom stereocenters. The third-order valence-corrected chi connectivity index (χ3v) is 8.20. The molecule has 1 amide bonds. The van der Waals surface area contributed by atoms with E-state index in [2.05, 4.69) is 21.7 Å². The fourth-order valence-corrected chi connectivity index (χ4v) is 5.78. The number of pyridine rings is 1. The van der Waals surface area contributed by atoms with Gasteiger partial charge in [-0.15, -0.1) is 0 Å². The third-order valence-electron chi connectivity index (χ3n) is 8.20. The molecular weight excluding hydrogens is 543 g/mol. The van der Waals surface area contributed by atoms with E-state index in [1.54, 1.807) is 23.1 Å². The van der Waals surface area contributed by atoms with E-state index in [0.717, 1.165) is 49.9 Å². The Bertz CT molecular complexity index is 1480. The van der Waals surface area contributed by atoms with Crippen LogP contribution in [-0.2, 0) is 30.4 Å². The Morgan fingerprint density at radius 2 is 1.76 bits per heavy atom. The molecule has 0 saturated carbocycles. The Balaban J connectivity index is 1.29. The Kier molecular flexibility index (Phi) is 8.80. The molecular formula is C32H34F3N5O2. The van der Waals surface area contributed by atoms with Crippen LogP contribution in [0, 0.1) is 11.3 Å². The molecule has 0 radical (unpaired) electrons. The average Bonchev–Trinajstić information content (AvgIpc) is 2.98.